The van der Waals surface area contributed by atoms with Gasteiger partial charge in [-0.1, -0.05) is 84.0 Å². The number of rotatable bonds is 19. The van der Waals surface area contributed by atoms with Gasteiger partial charge >= 0.3 is 0 Å². The van der Waals surface area contributed by atoms with Crippen molar-refractivity contribution in [2.45, 2.75) is 103 Å². The third kappa shape index (κ3) is 16.7. The first-order valence-corrected chi connectivity index (χ1v) is 10.1. The second kappa shape index (κ2) is 19.2. The van der Waals surface area contributed by atoms with Gasteiger partial charge in [0.25, 0.3) is 0 Å². The van der Waals surface area contributed by atoms with Crippen molar-refractivity contribution >= 4 is 0 Å². The van der Waals surface area contributed by atoms with Gasteiger partial charge < -0.3 is 19.7 Å². The number of hydrogen-bond donors (Lipinski definition) is 2. The number of unbranched alkanes of at least 4 members (excludes halogenated alkanes) is 11. The van der Waals surface area contributed by atoms with Gasteiger partial charge in [0.05, 0.1) is 25.9 Å². The van der Waals surface area contributed by atoms with Gasteiger partial charge in [0, 0.05) is 7.11 Å². The highest BCUT2D eigenvalue weighted by atomic mass is 16.5. The SMILES string of the molecule is CCCCCCCCCCCCCCC(COCC(O)CO)OC. The van der Waals surface area contributed by atoms with Crippen LogP contribution in [0.25, 0.3) is 0 Å². The van der Waals surface area contributed by atoms with E-state index in [2.05, 4.69) is 6.92 Å². The summed E-state index contributed by atoms with van der Waals surface area (Å²) in [7, 11) is 1.71. The highest BCUT2D eigenvalue weighted by molar-refractivity contribution is 4.59. The molecule has 0 spiro atoms. The van der Waals surface area contributed by atoms with Crippen molar-refractivity contribution in [3.63, 3.8) is 0 Å². The Bertz CT molecular complexity index is 236. The second-order valence-corrected chi connectivity index (χ2v) is 6.91. The quantitative estimate of drug-likeness (QED) is 0.339. The fourth-order valence-corrected chi connectivity index (χ4v) is 2.87. The summed E-state index contributed by atoms with van der Waals surface area (Å²) in [4.78, 5) is 0. The summed E-state index contributed by atoms with van der Waals surface area (Å²) < 4.78 is 10.8. The standard InChI is InChI=1S/C20H42O4/c1-3-4-5-6-7-8-9-10-11-12-13-14-15-20(23-2)18-24-17-19(22)16-21/h19-22H,3-18H2,1-2H3. The topological polar surface area (TPSA) is 58.9 Å². The molecule has 0 rings (SSSR count). The maximum absolute atomic E-state index is 9.22. The average Bonchev–Trinajstić information content (AvgIpc) is 2.60. The molecule has 0 aliphatic heterocycles. The zero-order valence-electron chi connectivity index (χ0n) is 16.2. The van der Waals surface area contributed by atoms with Gasteiger partial charge in [0.1, 0.15) is 6.10 Å². The Balaban J connectivity index is 3.29. The molecule has 0 saturated heterocycles. The maximum Gasteiger partial charge on any atom is 0.100 e. The molecule has 0 radical (unpaired) electrons. The number of methoxy groups -OCH3 is 1. The van der Waals surface area contributed by atoms with Gasteiger partial charge in [-0.15, -0.1) is 0 Å². The molecule has 4 nitrogen and oxygen atoms in total. The van der Waals surface area contributed by atoms with Crippen LogP contribution in [0.2, 0.25) is 0 Å². The molecule has 2 unspecified atom stereocenters. The molecule has 0 aliphatic rings. The molecule has 24 heavy (non-hydrogen) atoms. The summed E-state index contributed by atoms with van der Waals surface area (Å²) in [5, 5.41) is 17.9. The molecule has 0 aliphatic carbocycles. The molecule has 0 aromatic heterocycles. The van der Waals surface area contributed by atoms with Gasteiger partial charge in [0.2, 0.25) is 0 Å². The molecule has 2 N–H and O–H groups in total. The van der Waals surface area contributed by atoms with E-state index < -0.39 is 6.10 Å². The Morgan fingerprint density at radius 1 is 0.750 bits per heavy atom. The van der Waals surface area contributed by atoms with Gasteiger partial charge in [0.15, 0.2) is 0 Å². The molecule has 0 amide bonds. The zero-order valence-corrected chi connectivity index (χ0v) is 16.2. The van der Waals surface area contributed by atoms with E-state index in [1.165, 1.54) is 77.0 Å². The van der Waals surface area contributed by atoms with Crippen LogP contribution in [0.15, 0.2) is 0 Å². The summed E-state index contributed by atoms with van der Waals surface area (Å²) in [5.41, 5.74) is 0. The number of aliphatic hydroxyl groups is 2. The first kappa shape index (κ1) is 23.8. The highest BCUT2D eigenvalue weighted by Crippen LogP contribution is 2.13. The Labute approximate surface area is 149 Å². The molecule has 0 fully saturated rings. The van der Waals surface area contributed by atoms with Crippen LogP contribution in [0.5, 0.6) is 0 Å². The van der Waals surface area contributed by atoms with Crippen molar-refractivity contribution in [2.75, 3.05) is 26.9 Å². The molecule has 0 aromatic carbocycles. The molecular formula is C20H42O4. The van der Waals surface area contributed by atoms with E-state index in [0.29, 0.717) is 6.61 Å². The summed E-state index contributed by atoms with van der Waals surface area (Å²) in [6.07, 6.45) is 16.6. The number of ether oxygens (including phenoxy) is 2. The van der Waals surface area contributed by atoms with Crippen molar-refractivity contribution in [2.24, 2.45) is 0 Å². The molecule has 146 valence electrons. The first-order valence-electron chi connectivity index (χ1n) is 10.1. The van der Waals surface area contributed by atoms with Crippen LogP contribution in [0, 0.1) is 0 Å². The van der Waals surface area contributed by atoms with E-state index in [0.717, 1.165) is 6.42 Å². The molecule has 2 atom stereocenters. The van der Waals surface area contributed by atoms with E-state index in [1.54, 1.807) is 7.11 Å². The van der Waals surface area contributed by atoms with Crippen LogP contribution in [-0.2, 0) is 9.47 Å². The van der Waals surface area contributed by atoms with Crippen LogP contribution in [0.4, 0.5) is 0 Å². The second-order valence-electron chi connectivity index (χ2n) is 6.91. The van der Waals surface area contributed by atoms with Crippen LogP contribution in [-0.4, -0.2) is 49.4 Å². The van der Waals surface area contributed by atoms with Gasteiger partial charge in [-0.05, 0) is 6.42 Å². The van der Waals surface area contributed by atoms with Crippen molar-refractivity contribution < 1.29 is 19.7 Å². The Morgan fingerprint density at radius 2 is 1.25 bits per heavy atom. The fourth-order valence-electron chi connectivity index (χ4n) is 2.87. The molecular weight excluding hydrogens is 304 g/mol. The maximum atomic E-state index is 9.22. The van der Waals surface area contributed by atoms with E-state index in [4.69, 9.17) is 14.6 Å². The van der Waals surface area contributed by atoms with Gasteiger partial charge in [-0.25, -0.2) is 0 Å². The zero-order chi connectivity index (χ0) is 17.9. The molecule has 4 heteroatoms. The van der Waals surface area contributed by atoms with Crippen LogP contribution in [0.3, 0.4) is 0 Å². The van der Waals surface area contributed by atoms with Crippen molar-refractivity contribution in [3.05, 3.63) is 0 Å². The lowest BCUT2D eigenvalue weighted by atomic mass is 10.0. The lowest BCUT2D eigenvalue weighted by Gasteiger charge is -2.16. The molecule has 0 saturated carbocycles. The summed E-state index contributed by atoms with van der Waals surface area (Å²) >= 11 is 0. The van der Waals surface area contributed by atoms with Gasteiger partial charge in [-0.3, -0.25) is 0 Å². The van der Waals surface area contributed by atoms with Crippen molar-refractivity contribution in [3.8, 4) is 0 Å². The Hall–Kier alpha value is -0.160. The van der Waals surface area contributed by atoms with Crippen LogP contribution in [0.1, 0.15) is 90.4 Å². The summed E-state index contributed by atoms with van der Waals surface area (Å²) in [5.74, 6) is 0. The van der Waals surface area contributed by atoms with E-state index in [9.17, 15) is 5.11 Å². The molecule has 0 bridgehead atoms. The Kier molecular flexibility index (Phi) is 19.0. The van der Waals surface area contributed by atoms with Crippen LogP contribution >= 0.6 is 0 Å². The summed E-state index contributed by atoms with van der Waals surface area (Å²) in [6.45, 7) is 2.68. The lowest BCUT2D eigenvalue weighted by molar-refractivity contribution is -0.0381. The lowest BCUT2D eigenvalue weighted by Crippen LogP contribution is -2.24. The normalized spacial score (nSPS) is 14.0. The van der Waals surface area contributed by atoms with E-state index in [1.807, 2.05) is 0 Å². The predicted molar refractivity (Wildman–Crippen MR) is 100 cm³/mol. The first-order chi connectivity index (χ1) is 11.7. The molecule has 0 aromatic rings. The van der Waals surface area contributed by atoms with Crippen molar-refractivity contribution in [1.29, 1.82) is 0 Å². The summed E-state index contributed by atoms with van der Waals surface area (Å²) in [6, 6.07) is 0. The van der Waals surface area contributed by atoms with Gasteiger partial charge in [-0.2, -0.15) is 0 Å². The van der Waals surface area contributed by atoms with E-state index in [-0.39, 0.29) is 19.3 Å². The minimum absolute atomic E-state index is 0.0963. The monoisotopic (exact) mass is 346 g/mol. The minimum Gasteiger partial charge on any atom is -0.394 e. The fraction of sp³-hybridized carbons (Fsp3) is 1.00. The van der Waals surface area contributed by atoms with Crippen molar-refractivity contribution in [1.82, 2.24) is 0 Å². The van der Waals surface area contributed by atoms with E-state index >= 15 is 0 Å². The molecule has 0 heterocycles. The third-order valence-electron chi connectivity index (χ3n) is 4.54. The third-order valence-corrected chi connectivity index (χ3v) is 4.54. The number of hydrogen-bond acceptors (Lipinski definition) is 4. The highest BCUT2D eigenvalue weighted by Gasteiger charge is 2.09. The minimum atomic E-state index is -0.783. The average molecular weight is 347 g/mol. The number of aliphatic hydroxyl groups excluding tert-OH is 2. The largest absolute Gasteiger partial charge is 0.394 e. The Morgan fingerprint density at radius 3 is 1.71 bits per heavy atom. The predicted octanol–water partition coefficient (Wildman–Crippen LogP) is 4.46. The van der Waals surface area contributed by atoms with Crippen LogP contribution < -0.4 is 0 Å². The smallest absolute Gasteiger partial charge is 0.100 e.